The Balaban J connectivity index is 4.60. The monoisotopic (exact) mass is 305 g/mol. The molecule has 1 unspecified atom stereocenters. The first-order chi connectivity index (χ1) is 9.37. The van der Waals surface area contributed by atoms with Crippen LogP contribution in [0.2, 0.25) is 0 Å². The normalized spacial score (nSPS) is 13.6. The molecule has 0 fully saturated rings. The summed E-state index contributed by atoms with van der Waals surface area (Å²) in [4.78, 5) is 28.0. The van der Waals surface area contributed by atoms with E-state index < -0.39 is 23.3 Å². The van der Waals surface area contributed by atoms with Crippen molar-refractivity contribution in [3.63, 3.8) is 0 Å². The highest BCUT2D eigenvalue weighted by molar-refractivity contribution is 7.98. The van der Waals surface area contributed by atoms with Crippen LogP contribution in [0.3, 0.4) is 0 Å². The summed E-state index contributed by atoms with van der Waals surface area (Å²) in [5.74, 6) is -1.62. The van der Waals surface area contributed by atoms with Crippen molar-refractivity contribution in [2.24, 2.45) is 11.5 Å². The predicted molar refractivity (Wildman–Crippen MR) is 78.3 cm³/mol. The summed E-state index contributed by atoms with van der Waals surface area (Å²) in [5, 5.41) is 0. The molecule has 0 aliphatic carbocycles. The molecule has 8 heteroatoms. The SMILES string of the molecule is C=C(OC(=O)C(N)(CCSC)NOCCCC)C(N)=O. The Hall–Kier alpha value is -1.09. The molecule has 0 aliphatic heterocycles. The van der Waals surface area contributed by atoms with Crippen molar-refractivity contribution in [1.29, 1.82) is 0 Å². The number of hydrogen-bond donors (Lipinski definition) is 3. The van der Waals surface area contributed by atoms with Crippen LogP contribution in [0.4, 0.5) is 0 Å². The largest absolute Gasteiger partial charge is 0.419 e. The number of nitrogens with one attached hydrogen (secondary N) is 1. The Labute approximate surface area is 123 Å². The van der Waals surface area contributed by atoms with Crippen LogP contribution in [0.1, 0.15) is 26.2 Å². The minimum absolute atomic E-state index is 0.269. The Bertz CT molecular complexity index is 352. The van der Waals surface area contributed by atoms with E-state index in [2.05, 4.69) is 12.1 Å². The number of primary amides is 1. The summed E-state index contributed by atoms with van der Waals surface area (Å²) in [6.45, 7) is 5.68. The Morgan fingerprint density at radius 2 is 2.10 bits per heavy atom. The number of esters is 1. The third-order valence-electron chi connectivity index (χ3n) is 2.41. The smallest absolute Gasteiger partial charge is 0.348 e. The lowest BCUT2D eigenvalue weighted by atomic mass is 10.1. The van der Waals surface area contributed by atoms with E-state index in [1.165, 1.54) is 11.8 Å². The van der Waals surface area contributed by atoms with Gasteiger partial charge in [0.2, 0.25) is 0 Å². The van der Waals surface area contributed by atoms with Crippen LogP contribution in [0.25, 0.3) is 0 Å². The minimum atomic E-state index is -1.55. The van der Waals surface area contributed by atoms with Gasteiger partial charge in [0.25, 0.3) is 5.91 Å². The van der Waals surface area contributed by atoms with Gasteiger partial charge in [-0.3, -0.25) is 9.63 Å². The van der Waals surface area contributed by atoms with Crippen molar-refractivity contribution < 1.29 is 19.2 Å². The number of hydroxylamine groups is 1. The highest BCUT2D eigenvalue weighted by atomic mass is 32.2. The van der Waals surface area contributed by atoms with Crippen molar-refractivity contribution in [3.8, 4) is 0 Å². The van der Waals surface area contributed by atoms with Crippen LogP contribution in [0.15, 0.2) is 12.3 Å². The van der Waals surface area contributed by atoms with Gasteiger partial charge in [-0.1, -0.05) is 19.9 Å². The molecule has 0 aromatic rings. The third kappa shape index (κ3) is 6.90. The lowest BCUT2D eigenvalue weighted by molar-refractivity contribution is -0.157. The summed E-state index contributed by atoms with van der Waals surface area (Å²) >= 11 is 1.52. The van der Waals surface area contributed by atoms with Gasteiger partial charge >= 0.3 is 5.97 Å². The van der Waals surface area contributed by atoms with Gasteiger partial charge in [0.05, 0.1) is 6.61 Å². The maximum atomic E-state index is 12.0. The molecule has 0 radical (unpaired) electrons. The fraction of sp³-hybridized carbons (Fsp3) is 0.667. The van der Waals surface area contributed by atoms with E-state index in [4.69, 9.17) is 21.0 Å². The van der Waals surface area contributed by atoms with E-state index in [-0.39, 0.29) is 6.42 Å². The molecule has 0 bridgehead atoms. The molecular formula is C12H23N3O4S. The third-order valence-corrected chi connectivity index (χ3v) is 3.02. The Morgan fingerprint density at radius 3 is 2.60 bits per heavy atom. The van der Waals surface area contributed by atoms with Gasteiger partial charge < -0.3 is 16.2 Å². The van der Waals surface area contributed by atoms with Crippen molar-refractivity contribution in [2.75, 3.05) is 18.6 Å². The number of rotatable bonds is 11. The minimum Gasteiger partial charge on any atom is -0.419 e. The van der Waals surface area contributed by atoms with Crippen molar-refractivity contribution >= 4 is 23.6 Å². The average molecular weight is 305 g/mol. The van der Waals surface area contributed by atoms with Crippen LogP contribution in [0, 0.1) is 0 Å². The molecule has 0 saturated heterocycles. The number of nitrogens with two attached hydrogens (primary N) is 2. The first kappa shape index (κ1) is 18.9. The first-order valence-electron chi connectivity index (χ1n) is 6.25. The van der Waals surface area contributed by atoms with Gasteiger partial charge in [-0.25, -0.2) is 4.79 Å². The highest BCUT2D eigenvalue weighted by Crippen LogP contribution is 2.12. The summed E-state index contributed by atoms with van der Waals surface area (Å²) in [7, 11) is 0. The lowest BCUT2D eigenvalue weighted by Crippen LogP contribution is -2.60. The molecular weight excluding hydrogens is 282 g/mol. The molecule has 0 spiro atoms. The summed E-state index contributed by atoms with van der Waals surface area (Å²) < 4.78 is 4.75. The molecule has 0 aromatic carbocycles. The topological polar surface area (TPSA) is 117 Å². The van der Waals surface area contributed by atoms with E-state index in [9.17, 15) is 9.59 Å². The van der Waals surface area contributed by atoms with Crippen LogP contribution in [0.5, 0.6) is 0 Å². The number of carbonyl (C=O) groups excluding carboxylic acids is 2. The fourth-order valence-electron chi connectivity index (χ4n) is 1.11. The summed E-state index contributed by atoms with van der Waals surface area (Å²) in [6, 6.07) is 0. The van der Waals surface area contributed by atoms with Gasteiger partial charge in [-0.2, -0.15) is 17.2 Å². The van der Waals surface area contributed by atoms with Gasteiger partial charge in [0, 0.05) is 6.42 Å². The number of ether oxygens (including phenoxy) is 1. The van der Waals surface area contributed by atoms with Gasteiger partial charge in [0.15, 0.2) is 11.4 Å². The van der Waals surface area contributed by atoms with Gasteiger partial charge in [0.1, 0.15) is 0 Å². The average Bonchev–Trinajstić information content (AvgIpc) is 2.41. The molecule has 116 valence electrons. The van der Waals surface area contributed by atoms with Crippen molar-refractivity contribution in [1.82, 2.24) is 5.48 Å². The van der Waals surface area contributed by atoms with Crippen LogP contribution in [-0.4, -0.2) is 36.2 Å². The maximum absolute atomic E-state index is 12.0. The molecule has 1 amide bonds. The van der Waals surface area contributed by atoms with Crippen molar-refractivity contribution in [2.45, 2.75) is 31.8 Å². The summed E-state index contributed by atoms with van der Waals surface area (Å²) in [5.41, 5.74) is 11.9. The van der Waals surface area contributed by atoms with Gasteiger partial charge in [-0.15, -0.1) is 0 Å². The van der Waals surface area contributed by atoms with Crippen LogP contribution < -0.4 is 16.9 Å². The maximum Gasteiger partial charge on any atom is 0.348 e. The van der Waals surface area contributed by atoms with E-state index in [1.54, 1.807) is 0 Å². The van der Waals surface area contributed by atoms with Crippen LogP contribution >= 0.6 is 11.8 Å². The molecule has 1 atom stereocenters. The highest BCUT2D eigenvalue weighted by Gasteiger charge is 2.37. The molecule has 7 nitrogen and oxygen atoms in total. The zero-order chi connectivity index (χ0) is 15.6. The standard InChI is InChI=1S/C12H23N3O4S/c1-4-5-7-18-15-12(14,6-8-20-3)11(17)19-9(2)10(13)16/h15H,2,4-8,14H2,1,3H3,(H2,13,16). The second-order valence-electron chi connectivity index (χ2n) is 4.20. The Morgan fingerprint density at radius 1 is 1.45 bits per heavy atom. The predicted octanol–water partition coefficient (Wildman–Crippen LogP) is 0.258. The molecule has 0 aromatic heterocycles. The first-order valence-corrected chi connectivity index (χ1v) is 7.64. The van der Waals surface area contributed by atoms with E-state index in [0.29, 0.717) is 12.4 Å². The van der Waals surface area contributed by atoms with Crippen LogP contribution in [-0.2, 0) is 19.2 Å². The Kier molecular flexibility index (Phi) is 9.23. The number of hydrogen-bond acceptors (Lipinski definition) is 7. The second kappa shape index (κ2) is 9.76. The summed E-state index contributed by atoms with van der Waals surface area (Å²) in [6.07, 6.45) is 3.93. The van der Waals surface area contributed by atoms with Crippen molar-refractivity contribution in [3.05, 3.63) is 12.3 Å². The molecule has 0 saturated carbocycles. The zero-order valence-corrected chi connectivity index (χ0v) is 12.8. The fourth-order valence-corrected chi connectivity index (χ4v) is 1.63. The molecule has 0 heterocycles. The number of thioether (sulfide) groups is 1. The lowest BCUT2D eigenvalue weighted by Gasteiger charge is -2.27. The number of amides is 1. The zero-order valence-electron chi connectivity index (χ0n) is 11.9. The second-order valence-corrected chi connectivity index (χ2v) is 5.18. The number of unbranched alkanes of at least 4 members (excludes halogenated alkanes) is 1. The van der Waals surface area contributed by atoms with E-state index >= 15 is 0 Å². The number of carbonyl (C=O) groups is 2. The molecule has 0 aliphatic rings. The van der Waals surface area contributed by atoms with E-state index in [1.807, 2.05) is 13.2 Å². The molecule has 20 heavy (non-hydrogen) atoms. The molecule has 0 rings (SSSR count). The van der Waals surface area contributed by atoms with Gasteiger partial charge in [-0.05, 0) is 18.4 Å². The molecule has 5 N–H and O–H groups in total. The quantitative estimate of drug-likeness (QED) is 0.125. The van der Waals surface area contributed by atoms with E-state index in [0.717, 1.165) is 12.8 Å².